The second-order valence-electron chi connectivity index (χ2n) is 5.73. The largest absolute Gasteiger partial charge is 0.497 e. The van der Waals surface area contributed by atoms with Crippen LogP contribution in [0.3, 0.4) is 0 Å². The highest BCUT2D eigenvalue weighted by Gasteiger charge is 2.24. The molecule has 6 nitrogen and oxygen atoms in total. The summed E-state index contributed by atoms with van der Waals surface area (Å²) >= 11 is 0. The Labute approximate surface area is 151 Å². The van der Waals surface area contributed by atoms with E-state index in [0.717, 1.165) is 5.56 Å². The molecule has 0 heterocycles. The van der Waals surface area contributed by atoms with Crippen molar-refractivity contribution in [1.29, 1.82) is 5.41 Å². The molecule has 0 aromatic heterocycles. The van der Waals surface area contributed by atoms with E-state index in [9.17, 15) is 9.18 Å². The van der Waals surface area contributed by atoms with Gasteiger partial charge in [0.2, 0.25) is 0 Å². The zero-order valence-corrected chi connectivity index (χ0v) is 14.4. The number of nitrogens with one attached hydrogen (secondary N) is 1. The average Bonchev–Trinajstić information content (AvgIpc) is 2.62. The minimum Gasteiger partial charge on any atom is -0.497 e. The SMILES string of the molecule is COc1ccc(C(=N)C(CCc2ccc(F)cc2)C(=O)N=C(N)N)cc1. The lowest BCUT2D eigenvalue weighted by Crippen LogP contribution is -2.29. The molecule has 0 aliphatic rings. The van der Waals surface area contributed by atoms with Crippen LogP contribution >= 0.6 is 0 Å². The normalized spacial score (nSPS) is 11.5. The molecule has 0 saturated carbocycles. The van der Waals surface area contributed by atoms with Crippen LogP contribution in [0.4, 0.5) is 4.39 Å². The van der Waals surface area contributed by atoms with Gasteiger partial charge in [0.15, 0.2) is 5.96 Å². The third-order valence-electron chi connectivity index (χ3n) is 3.92. The van der Waals surface area contributed by atoms with Crippen LogP contribution < -0.4 is 16.2 Å². The number of benzene rings is 2. The number of nitrogens with zero attached hydrogens (tertiary/aromatic N) is 1. The number of nitrogens with two attached hydrogens (primary N) is 2. The van der Waals surface area contributed by atoms with Crippen molar-refractivity contribution in [1.82, 2.24) is 0 Å². The molecule has 136 valence electrons. The van der Waals surface area contributed by atoms with Crippen molar-refractivity contribution >= 4 is 17.6 Å². The first-order chi connectivity index (χ1) is 12.4. The number of guanidine groups is 1. The summed E-state index contributed by atoms with van der Waals surface area (Å²) in [6.07, 6.45) is 0.807. The molecule has 26 heavy (non-hydrogen) atoms. The van der Waals surface area contributed by atoms with Gasteiger partial charge in [0, 0.05) is 0 Å². The number of hydrogen-bond acceptors (Lipinski definition) is 3. The first-order valence-corrected chi connectivity index (χ1v) is 8.01. The van der Waals surface area contributed by atoms with Gasteiger partial charge in [0.05, 0.1) is 18.7 Å². The summed E-state index contributed by atoms with van der Waals surface area (Å²) in [5.41, 5.74) is 12.2. The first kappa shape index (κ1) is 19.1. The van der Waals surface area contributed by atoms with Gasteiger partial charge in [-0.25, -0.2) is 4.39 Å². The molecule has 0 spiro atoms. The maximum Gasteiger partial charge on any atom is 0.257 e. The van der Waals surface area contributed by atoms with Crippen molar-refractivity contribution in [2.24, 2.45) is 22.4 Å². The topological polar surface area (TPSA) is 115 Å². The van der Waals surface area contributed by atoms with Crippen molar-refractivity contribution in [3.63, 3.8) is 0 Å². The predicted octanol–water partition coefficient (Wildman–Crippen LogP) is 2.25. The minimum absolute atomic E-state index is 0.116. The second kappa shape index (κ2) is 8.75. The first-order valence-electron chi connectivity index (χ1n) is 8.01. The van der Waals surface area contributed by atoms with E-state index in [1.54, 1.807) is 43.5 Å². The minimum atomic E-state index is -0.810. The molecule has 1 unspecified atom stereocenters. The van der Waals surface area contributed by atoms with Gasteiger partial charge in [0.25, 0.3) is 5.91 Å². The summed E-state index contributed by atoms with van der Waals surface area (Å²) in [6, 6.07) is 12.8. The number of carbonyl (C=O) groups is 1. The molecule has 0 fully saturated rings. The average molecular weight is 356 g/mol. The highest BCUT2D eigenvalue weighted by Crippen LogP contribution is 2.20. The van der Waals surface area contributed by atoms with Gasteiger partial charge < -0.3 is 21.6 Å². The molecule has 7 heteroatoms. The lowest BCUT2D eigenvalue weighted by atomic mass is 9.90. The van der Waals surface area contributed by atoms with E-state index in [-0.39, 0.29) is 17.5 Å². The lowest BCUT2D eigenvalue weighted by Gasteiger charge is -2.16. The van der Waals surface area contributed by atoms with E-state index in [1.807, 2.05) is 0 Å². The summed E-state index contributed by atoms with van der Waals surface area (Å²) in [5.74, 6) is -1.40. The van der Waals surface area contributed by atoms with Gasteiger partial charge >= 0.3 is 0 Å². The molecule has 5 N–H and O–H groups in total. The number of amides is 1. The summed E-state index contributed by atoms with van der Waals surface area (Å²) in [7, 11) is 1.55. The zero-order valence-electron chi connectivity index (χ0n) is 14.4. The van der Waals surface area contributed by atoms with Crippen molar-refractivity contribution < 1.29 is 13.9 Å². The lowest BCUT2D eigenvalue weighted by molar-refractivity contribution is -0.119. The summed E-state index contributed by atoms with van der Waals surface area (Å²) in [5, 5.41) is 8.42. The second-order valence-corrected chi connectivity index (χ2v) is 5.73. The van der Waals surface area contributed by atoms with Crippen molar-refractivity contribution in [3.8, 4) is 5.75 Å². The fourth-order valence-corrected chi connectivity index (χ4v) is 2.53. The van der Waals surface area contributed by atoms with E-state index < -0.39 is 11.8 Å². The molecular formula is C19H21FN4O2. The molecule has 2 aromatic rings. The molecule has 0 saturated heterocycles. The number of halogens is 1. The van der Waals surface area contributed by atoms with Crippen LogP contribution in [0.25, 0.3) is 0 Å². The summed E-state index contributed by atoms with van der Waals surface area (Å²) in [6.45, 7) is 0. The number of hydrogen-bond donors (Lipinski definition) is 3. The van der Waals surface area contributed by atoms with E-state index in [4.69, 9.17) is 21.6 Å². The van der Waals surface area contributed by atoms with Crippen LogP contribution in [0.2, 0.25) is 0 Å². The van der Waals surface area contributed by atoms with Gasteiger partial charge in [-0.05, 0) is 60.4 Å². The molecule has 0 bridgehead atoms. The maximum atomic E-state index is 13.0. The smallest absolute Gasteiger partial charge is 0.257 e. The quantitative estimate of drug-likeness (QED) is 0.521. The molecule has 2 aromatic carbocycles. The van der Waals surface area contributed by atoms with Crippen LogP contribution in [0, 0.1) is 17.1 Å². The molecule has 2 rings (SSSR count). The van der Waals surface area contributed by atoms with E-state index in [0.29, 0.717) is 24.2 Å². The monoisotopic (exact) mass is 356 g/mol. The summed E-state index contributed by atoms with van der Waals surface area (Å²) in [4.78, 5) is 16.0. The Morgan fingerprint density at radius 2 is 1.77 bits per heavy atom. The number of carbonyl (C=O) groups excluding carboxylic acids is 1. The van der Waals surface area contributed by atoms with Crippen molar-refractivity contribution in [3.05, 3.63) is 65.5 Å². The van der Waals surface area contributed by atoms with E-state index in [2.05, 4.69) is 4.99 Å². The van der Waals surface area contributed by atoms with Crippen LogP contribution in [0.15, 0.2) is 53.5 Å². The molecule has 1 atom stereocenters. The number of methoxy groups -OCH3 is 1. The molecule has 1 amide bonds. The standard InChI is InChI=1S/C19H21FN4O2/c1-26-15-9-5-13(6-10-15)17(21)16(18(25)24-19(22)23)11-4-12-2-7-14(20)8-3-12/h2-3,5-10,16,21H,4,11H2,1H3,(H4,22,23,24,25). The number of ether oxygens (including phenoxy) is 1. The maximum absolute atomic E-state index is 13.0. The van der Waals surface area contributed by atoms with Crippen LogP contribution in [0.1, 0.15) is 17.5 Å². The van der Waals surface area contributed by atoms with Gasteiger partial charge in [-0.2, -0.15) is 4.99 Å². The predicted molar refractivity (Wildman–Crippen MR) is 98.9 cm³/mol. The Kier molecular flexibility index (Phi) is 6.43. The molecular weight excluding hydrogens is 335 g/mol. The zero-order chi connectivity index (χ0) is 19.1. The van der Waals surface area contributed by atoms with Gasteiger partial charge in [-0.1, -0.05) is 12.1 Å². The van der Waals surface area contributed by atoms with Crippen molar-refractivity contribution in [2.75, 3.05) is 7.11 Å². The third kappa shape index (κ3) is 5.14. The molecule has 0 radical (unpaired) electrons. The molecule has 0 aliphatic heterocycles. The van der Waals surface area contributed by atoms with Crippen molar-refractivity contribution in [2.45, 2.75) is 12.8 Å². The Morgan fingerprint density at radius 1 is 1.15 bits per heavy atom. The Morgan fingerprint density at radius 3 is 2.31 bits per heavy atom. The van der Waals surface area contributed by atoms with E-state index >= 15 is 0 Å². The van der Waals surface area contributed by atoms with E-state index in [1.165, 1.54) is 12.1 Å². The fourth-order valence-electron chi connectivity index (χ4n) is 2.53. The van der Waals surface area contributed by atoms with Crippen LogP contribution in [-0.2, 0) is 11.2 Å². The van der Waals surface area contributed by atoms with Crippen LogP contribution in [0.5, 0.6) is 5.75 Å². The Balaban J connectivity index is 2.21. The van der Waals surface area contributed by atoms with Gasteiger partial charge in [-0.15, -0.1) is 0 Å². The highest BCUT2D eigenvalue weighted by molar-refractivity contribution is 6.13. The molecule has 0 aliphatic carbocycles. The number of rotatable bonds is 7. The Bertz CT molecular complexity index is 797. The third-order valence-corrected chi connectivity index (χ3v) is 3.92. The number of aryl methyl sites for hydroxylation is 1. The number of aliphatic imine (C=N–C) groups is 1. The summed E-state index contributed by atoms with van der Waals surface area (Å²) < 4.78 is 18.1. The van der Waals surface area contributed by atoms with Crippen LogP contribution in [-0.4, -0.2) is 24.7 Å². The van der Waals surface area contributed by atoms with Gasteiger partial charge in [0.1, 0.15) is 11.6 Å². The Hall–Kier alpha value is -3.22. The fraction of sp³-hybridized carbons (Fsp3) is 0.211. The highest BCUT2D eigenvalue weighted by atomic mass is 19.1. The van der Waals surface area contributed by atoms with Gasteiger partial charge in [-0.3, -0.25) is 4.79 Å².